The smallest absolute Gasteiger partial charge is 0.307 e. The molecule has 3 aromatic rings. The highest BCUT2D eigenvalue weighted by Crippen LogP contribution is 2.11. The van der Waals surface area contributed by atoms with Crippen LogP contribution < -0.4 is 4.74 Å². The summed E-state index contributed by atoms with van der Waals surface area (Å²) in [6.07, 6.45) is 3.08. The van der Waals surface area contributed by atoms with Gasteiger partial charge in [0.05, 0.1) is 25.8 Å². The van der Waals surface area contributed by atoms with Gasteiger partial charge in [-0.2, -0.15) is 4.99 Å². The van der Waals surface area contributed by atoms with Crippen molar-refractivity contribution in [3.63, 3.8) is 0 Å². The lowest BCUT2D eigenvalue weighted by molar-refractivity contribution is -0.136. The molecule has 0 aliphatic heterocycles. The quantitative estimate of drug-likeness (QED) is 0.445. The van der Waals surface area contributed by atoms with Gasteiger partial charge in [0.15, 0.2) is 0 Å². The van der Waals surface area contributed by atoms with E-state index in [9.17, 15) is 14.4 Å². The number of aliphatic imine (C=N–C) groups is 2. The van der Waals surface area contributed by atoms with Gasteiger partial charge < -0.3 is 9.84 Å². The van der Waals surface area contributed by atoms with Crippen molar-refractivity contribution < 1.29 is 24.2 Å². The van der Waals surface area contributed by atoms with Crippen LogP contribution in [0.25, 0.3) is 0 Å². The minimum absolute atomic E-state index is 0.112. The van der Waals surface area contributed by atoms with Crippen LogP contribution in [0.3, 0.4) is 0 Å². The van der Waals surface area contributed by atoms with Crippen molar-refractivity contribution in [1.29, 1.82) is 0 Å². The van der Waals surface area contributed by atoms with Crippen molar-refractivity contribution >= 4 is 23.8 Å². The van der Waals surface area contributed by atoms with E-state index in [1.54, 1.807) is 31.4 Å². The minimum atomic E-state index is -0.786. The van der Waals surface area contributed by atoms with E-state index in [-0.39, 0.29) is 6.42 Å². The van der Waals surface area contributed by atoms with Gasteiger partial charge in [-0.25, -0.2) is 14.6 Å². The Balaban J connectivity index is 0.000000241. The zero-order chi connectivity index (χ0) is 23.6. The number of carbonyl (C=O) groups excluding carboxylic acids is 2. The first kappa shape index (κ1) is 25.7. The Labute approximate surface area is 186 Å². The van der Waals surface area contributed by atoms with Gasteiger partial charge in [-0.1, -0.05) is 60.2 Å². The molecular formula is C25H24N2O5. The van der Waals surface area contributed by atoms with Gasteiger partial charge in [-0.3, -0.25) is 4.79 Å². The number of rotatable bonds is 6. The number of carboxylic acid groups (broad SMARTS) is 1. The van der Waals surface area contributed by atoms with Gasteiger partial charge in [-0.05, 0) is 42.3 Å². The van der Waals surface area contributed by atoms with Crippen LogP contribution in [-0.4, -0.2) is 30.3 Å². The van der Waals surface area contributed by atoms with E-state index >= 15 is 0 Å². The molecule has 0 aromatic heterocycles. The van der Waals surface area contributed by atoms with Gasteiger partial charge in [0.1, 0.15) is 5.75 Å². The second kappa shape index (κ2) is 15.5. The molecule has 0 spiro atoms. The lowest BCUT2D eigenvalue weighted by Gasteiger charge is -1.99. The molecule has 0 fully saturated rings. The number of nitrogens with zero attached hydrogens (tertiary/aromatic N) is 2. The maximum Gasteiger partial charge on any atom is 0.307 e. The molecule has 0 bridgehead atoms. The average Bonchev–Trinajstić information content (AvgIpc) is 2.81. The van der Waals surface area contributed by atoms with Crippen LogP contribution >= 0.6 is 0 Å². The third-order valence-corrected chi connectivity index (χ3v) is 3.89. The fraction of sp³-hybridized carbons (Fsp3) is 0.160. The van der Waals surface area contributed by atoms with Crippen molar-refractivity contribution in [2.24, 2.45) is 9.98 Å². The summed E-state index contributed by atoms with van der Waals surface area (Å²) in [7, 11) is 1.61. The van der Waals surface area contributed by atoms with E-state index < -0.39 is 5.97 Å². The van der Waals surface area contributed by atoms with Crippen molar-refractivity contribution in [1.82, 2.24) is 0 Å². The number of aliphatic carboxylic acids is 1. The molecule has 0 unspecified atom stereocenters. The van der Waals surface area contributed by atoms with Crippen molar-refractivity contribution in [2.75, 3.05) is 7.11 Å². The van der Waals surface area contributed by atoms with E-state index in [1.165, 1.54) is 12.2 Å². The zero-order valence-electron chi connectivity index (χ0n) is 17.9. The number of hydrogen-bond acceptors (Lipinski definition) is 6. The standard InChI is InChI=1S/C9H9NO2.C8H7NO.C8H8O2/c1-12-9-4-2-8(3-5-9)6-10-7-11;1-7-2-4-8(5-3-7)9-6-10;9-8(10)6-7-4-2-1-3-5-7/h2-5H,6H2,1H3;2-5H,1H3;1-5H,6H2,(H,9,10). The Morgan fingerprint density at radius 1 is 0.875 bits per heavy atom. The van der Waals surface area contributed by atoms with Crippen LogP contribution in [0, 0.1) is 6.92 Å². The van der Waals surface area contributed by atoms with Crippen LogP contribution in [0.15, 0.2) is 88.8 Å². The summed E-state index contributed by atoms with van der Waals surface area (Å²) in [5, 5.41) is 8.37. The number of carboxylic acids is 1. The molecule has 32 heavy (non-hydrogen) atoms. The van der Waals surface area contributed by atoms with Gasteiger partial charge in [0.2, 0.25) is 12.2 Å². The summed E-state index contributed by atoms with van der Waals surface area (Å²) in [5.41, 5.74) is 3.62. The monoisotopic (exact) mass is 432 g/mol. The molecule has 0 atom stereocenters. The molecule has 3 rings (SSSR count). The molecule has 3 aromatic carbocycles. The van der Waals surface area contributed by atoms with Crippen LogP contribution in [0.4, 0.5) is 5.69 Å². The summed E-state index contributed by atoms with van der Waals surface area (Å²) in [4.78, 5) is 36.6. The molecule has 0 heterocycles. The topological polar surface area (TPSA) is 105 Å². The van der Waals surface area contributed by atoms with Gasteiger partial charge >= 0.3 is 5.97 Å². The number of methoxy groups -OCH3 is 1. The van der Waals surface area contributed by atoms with E-state index in [1.807, 2.05) is 61.5 Å². The van der Waals surface area contributed by atoms with Crippen molar-refractivity contribution in [3.05, 3.63) is 95.6 Å². The summed E-state index contributed by atoms with van der Waals surface area (Å²) >= 11 is 0. The van der Waals surface area contributed by atoms with Crippen molar-refractivity contribution in [3.8, 4) is 5.75 Å². The number of benzene rings is 3. The first-order valence-corrected chi connectivity index (χ1v) is 9.55. The second-order valence-electron chi connectivity index (χ2n) is 6.35. The number of hydrogen-bond donors (Lipinski definition) is 1. The molecule has 164 valence electrons. The molecule has 7 heteroatoms. The predicted molar refractivity (Wildman–Crippen MR) is 122 cm³/mol. The Hall–Kier alpha value is -4.31. The lowest BCUT2D eigenvalue weighted by Crippen LogP contribution is -1.98. The summed E-state index contributed by atoms with van der Waals surface area (Å²) in [6, 6.07) is 23.9. The largest absolute Gasteiger partial charge is 0.497 e. The lowest BCUT2D eigenvalue weighted by atomic mass is 10.2. The number of isocyanates is 2. The molecule has 1 N–H and O–H groups in total. The first-order chi connectivity index (χ1) is 15.5. The first-order valence-electron chi connectivity index (χ1n) is 9.55. The highest BCUT2D eigenvalue weighted by molar-refractivity contribution is 5.70. The molecule has 0 saturated heterocycles. The Morgan fingerprint density at radius 2 is 1.50 bits per heavy atom. The Morgan fingerprint density at radius 3 is 2.00 bits per heavy atom. The third kappa shape index (κ3) is 11.6. The number of carbonyl (C=O) groups is 1. The highest BCUT2D eigenvalue weighted by atomic mass is 16.5. The Bertz CT molecular complexity index is 1040. The summed E-state index contributed by atoms with van der Waals surface area (Å²) in [6.45, 7) is 2.36. The highest BCUT2D eigenvalue weighted by Gasteiger charge is 1.96. The van der Waals surface area contributed by atoms with Crippen LogP contribution in [0.1, 0.15) is 16.7 Å². The molecule has 0 aliphatic carbocycles. The average molecular weight is 432 g/mol. The van der Waals surface area contributed by atoms with E-state index in [2.05, 4.69) is 9.98 Å². The summed E-state index contributed by atoms with van der Waals surface area (Å²) in [5.74, 6) is 0.0139. The summed E-state index contributed by atoms with van der Waals surface area (Å²) < 4.78 is 4.97. The zero-order valence-corrected chi connectivity index (χ0v) is 17.9. The normalized spacial score (nSPS) is 8.81. The van der Waals surface area contributed by atoms with Gasteiger partial charge in [-0.15, -0.1) is 0 Å². The molecule has 0 saturated carbocycles. The molecule has 0 amide bonds. The molecule has 0 aliphatic rings. The van der Waals surface area contributed by atoms with Gasteiger partial charge in [0.25, 0.3) is 0 Å². The third-order valence-electron chi connectivity index (χ3n) is 3.89. The predicted octanol–water partition coefficient (Wildman–Crippen LogP) is 4.81. The van der Waals surface area contributed by atoms with Crippen LogP contribution in [0.2, 0.25) is 0 Å². The maximum atomic E-state index is 10.2. The van der Waals surface area contributed by atoms with Crippen molar-refractivity contribution in [2.45, 2.75) is 19.9 Å². The maximum absolute atomic E-state index is 10.2. The molecule has 7 nitrogen and oxygen atoms in total. The van der Waals surface area contributed by atoms with Crippen LogP contribution in [0.5, 0.6) is 5.75 Å². The van der Waals surface area contributed by atoms with Gasteiger partial charge in [0, 0.05) is 0 Å². The number of aryl methyl sites for hydroxylation is 1. The fourth-order valence-electron chi connectivity index (χ4n) is 2.30. The second-order valence-corrected chi connectivity index (χ2v) is 6.35. The van der Waals surface area contributed by atoms with Crippen LogP contribution in [-0.2, 0) is 27.3 Å². The van der Waals surface area contributed by atoms with E-state index in [4.69, 9.17) is 9.84 Å². The molecule has 0 radical (unpaired) electrons. The number of ether oxygens (including phenoxy) is 1. The minimum Gasteiger partial charge on any atom is -0.497 e. The molecular weight excluding hydrogens is 408 g/mol. The van der Waals surface area contributed by atoms with E-state index in [0.29, 0.717) is 12.2 Å². The Kier molecular flexibility index (Phi) is 12.5. The van der Waals surface area contributed by atoms with E-state index in [0.717, 1.165) is 22.4 Å². The fourth-order valence-corrected chi connectivity index (χ4v) is 2.30. The SMILES string of the molecule is COc1ccc(CN=C=O)cc1.Cc1ccc(N=C=O)cc1.O=C(O)Cc1ccccc1.